The molecule has 1 aromatic carbocycles. The number of benzene rings is 1. The Morgan fingerprint density at radius 2 is 2.09 bits per heavy atom. The minimum absolute atomic E-state index is 0.0809. The molecule has 9 nitrogen and oxygen atoms in total. The van der Waals surface area contributed by atoms with Gasteiger partial charge in [-0.3, -0.25) is 18.7 Å². The molecule has 0 radical (unpaired) electrons. The van der Waals surface area contributed by atoms with Crippen molar-refractivity contribution < 1.29 is 14.7 Å². The summed E-state index contributed by atoms with van der Waals surface area (Å²) < 4.78 is 3.47. The number of nitrogens with zero attached hydrogens (tertiary/aromatic N) is 5. The molecule has 4 aromatic rings. The molecule has 4 heterocycles. The second-order valence-electron chi connectivity index (χ2n) is 8.00. The van der Waals surface area contributed by atoms with Crippen molar-refractivity contribution in [3.63, 3.8) is 0 Å². The number of amides is 2. The lowest BCUT2D eigenvalue weighted by Crippen LogP contribution is -2.38. The third-order valence-electron chi connectivity index (χ3n) is 5.95. The molecule has 33 heavy (non-hydrogen) atoms. The number of carbonyl (C=O) groups excluding carboxylic acids is 2. The molecule has 0 spiro atoms. The first-order valence-electron chi connectivity index (χ1n) is 10.8. The zero-order valence-electron chi connectivity index (χ0n) is 18.1. The summed E-state index contributed by atoms with van der Waals surface area (Å²) in [6, 6.07) is 9.51. The van der Waals surface area contributed by atoms with Gasteiger partial charge < -0.3 is 15.3 Å². The Morgan fingerprint density at radius 3 is 2.88 bits per heavy atom. The number of carbonyl (C=O) groups is 2. The molecule has 1 aliphatic rings. The Labute approximate surface area is 194 Å². The number of imidazole rings is 1. The van der Waals surface area contributed by atoms with Gasteiger partial charge in [-0.05, 0) is 12.5 Å². The smallest absolute Gasteiger partial charge is 0.290 e. The lowest BCUT2D eigenvalue weighted by atomic mass is 10.0. The summed E-state index contributed by atoms with van der Waals surface area (Å²) in [7, 11) is 0. The molecule has 1 atom stereocenters. The third-order valence-corrected chi connectivity index (χ3v) is 6.75. The molecule has 1 aliphatic heterocycles. The fourth-order valence-corrected chi connectivity index (χ4v) is 4.95. The molecule has 2 amide bonds. The van der Waals surface area contributed by atoms with Crippen molar-refractivity contribution in [2.45, 2.75) is 32.5 Å². The fourth-order valence-electron chi connectivity index (χ4n) is 4.25. The molecule has 10 heteroatoms. The van der Waals surface area contributed by atoms with Gasteiger partial charge in [0.25, 0.3) is 11.8 Å². The van der Waals surface area contributed by atoms with Crippen molar-refractivity contribution in [3.8, 4) is 0 Å². The summed E-state index contributed by atoms with van der Waals surface area (Å²) in [5.74, 6) is -0.117. The van der Waals surface area contributed by atoms with Crippen LogP contribution >= 0.6 is 11.3 Å². The maximum absolute atomic E-state index is 13.2. The lowest BCUT2D eigenvalue weighted by molar-refractivity contribution is 0.0717. The number of nitrogens with one attached hydrogen (secondary N) is 1. The highest BCUT2D eigenvalue weighted by atomic mass is 32.1. The van der Waals surface area contributed by atoms with Crippen LogP contribution in [-0.2, 0) is 19.5 Å². The van der Waals surface area contributed by atoms with Crippen LogP contribution in [-0.4, -0.2) is 54.1 Å². The van der Waals surface area contributed by atoms with Gasteiger partial charge in [0, 0.05) is 35.8 Å². The van der Waals surface area contributed by atoms with Gasteiger partial charge in [-0.15, -0.1) is 11.3 Å². The van der Waals surface area contributed by atoms with Crippen LogP contribution in [0.25, 0.3) is 4.83 Å². The summed E-state index contributed by atoms with van der Waals surface area (Å²) >= 11 is 1.52. The molecule has 0 saturated heterocycles. The Hall–Kier alpha value is -3.50. The summed E-state index contributed by atoms with van der Waals surface area (Å²) in [4.78, 5) is 33.3. The number of hydrogen-bond acceptors (Lipinski definition) is 6. The highest BCUT2D eigenvalue weighted by Crippen LogP contribution is 2.25. The van der Waals surface area contributed by atoms with E-state index in [1.807, 2.05) is 48.8 Å². The number of fused-ring (bicyclic) bond motifs is 2. The van der Waals surface area contributed by atoms with Crippen LogP contribution in [0, 0.1) is 0 Å². The second kappa shape index (κ2) is 8.80. The quantitative estimate of drug-likeness (QED) is 0.456. The van der Waals surface area contributed by atoms with E-state index in [2.05, 4.69) is 15.4 Å². The van der Waals surface area contributed by atoms with Crippen molar-refractivity contribution in [1.29, 1.82) is 0 Å². The summed E-state index contributed by atoms with van der Waals surface area (Å²) in [5, 5.41) is 18.9. The summed E-state index contributed by atoms with van der Waals surface area (Å²) in [6.45, 7) is 2.89. The van der Waals surface area contributed by atoms with Crippen molar-refractivity contribution in [2.75, 3.05) is 13.2 Å². The Morgan fingerprint density at radius 1 is 1.27 bits per heavy atom. The highest BCUT2D eigenvalue weighted by Gasteiger charge is 2.32. The van der Waals surface area contributed by atoms with Crippen molar-refractivity contribution in [2.24, 2.45) is 0 Å². The largest absolute Gasteiger partial charge is 0.394 e. The first kappa shape index (κ1) is 21.4. The van der Waals surface area contributed by atoms with Gasteiger partial charge in [0.1, 0.15) is 4.83 Å². The van der Waals surface area contributed by atoms with E-state index in [0.29, 0.717) is 31.0 Å². The molecule has 0 aliphatic carbocycles. The SMILES string of the molecule is CC(NC(=O)c1nn(CCO)c2c1CN(C(=O)c1ncc3sccn13)CC2)c1ccccc1. The monoisotopic (exact) mass is 464 g/mol. The van der Waals surface area contributed by atoms with Gasteiger partial charge in [-0.1, -0.05) is 30.3 Å². The van der Waals surface area contributed by atoms with E-state index < -0.39 is 0 Å². The van der Waals surface area contributed by atoms with Crippen LogP contribution in [0.2, 0.25) is 0 Å². The molecule has 170 valence electrons. The second-order valence-corrected chi connectivity index (χ2v) is 8.92. The van der Waals surface area contributed by atoms with Gasteiger partial charge in [0.2, 0.25) is 5.82 Å². The molecule has 0 saturated carbocycles. The van der Waals surface area contributed by atoms with E-state index in [-0.39, 0.29) is 31.0 Å². The predicted molar refractivity (Wildman–Crippen MR) is 123 cm³/mol. The normalized spacial score (nSPS) is 14.3. The lowest BCUT2D eigenvalue weighted by Gasteiger charge is -2.27. The van der Waals surface area contributed by atoms with Gasteiger partial charge in [0.05, 0.1) is 31.9 Å². The van der Waals surface area contributed by atoms with Crippen LogP contribution in [0.3, 0.4) is 0 Å². The minimum Gasteiger partial charge on any atom is -0.394 e. The standard InChI is InChI=1S/C23H24N6O3S/c1-15(16-5-3-2-4-6-16)25-22(31)20-17-14-27(8-7-18(17)29(26-20)9-11-30)23(32)21-24-13-19-28(21)10-12-33-19/h2-6,10,12-13,15,30H,7-9,11,14H2,1H3,(H,25,31). The summed E-state index contributed by atoms with van der Waals surface area (Å²) in [6.07, 6.45) is 4.07. The average molecular weight is 465 g/mol. The topological polar surface area (TPSA) is 105 Å². The Bertz CT molecular complexity index is 1310. The van der Waals surface area contributed by atoms with Crippen LogP contribution in [0.1, 0.15) is 50.9 Å². The molecule has 0 fully saturated rings. The molecular weight excluding hydrogens is 440 g/mol. The molecular formula is C23H24N6O3S. The number of rotatable bonds is 6. The van der Waals surface area contributed by atoms with Crippen LogP contribution in [0.5, 0.6) is 0 Å². The maximum atomic E-state index is 13.2. The van der Waals surface area contributed by atoms with Gasteiger partial charge in [0.15, 0.2) is 5.69 Å². The number of aliphatic hydroxyl groups excluding tert-OH is 1. The Kier molecular flexibility index (Phi) is 5.69. The van der Waals surface area contributed by atoms with Gasteiger partial charge in [-0.2, -0.15) is 5.10 Å². The van der Waals surface area contributed by atoms with E-state index >= 15 is 0 Å². The molecule has 5 rings (SSSR count). The molecule has 3 aromatic heterocycles. The third kappa shape index (κ3) is 3.91. The average Bonchev–Trinajstić information content (AvgIpc) is 3.54. The molecule has 1 unspecified atom stereocenters. The van der Waals surface area contributed by atoms with Gasteiger partial charge >= 0.3 is 0 Å². The van der Waals surface area contributed by atoms with Crippen LogP contribution in [0.4, 0.5) is 0 Å². The van der Waals surface area contributed by atoms with Crippen molar-refractivity contribution in [3.05, 3.63) is 76.4 Å². The number of aliphatic hydroxyl groups is 1. The van der Waals surface area contributed by atoms with E-state index in [1.165, 1.54) is 11.3 Å². The number of thiazole rings is 1. The zero-order valence-corrected chi connectivity index (χ0v) is 19.0. The Balaban J connectivity index is 1.42. The summed E-state index contributed by atoms with van der Waals surface area (Å²) in [5.41, 5.74) is 2.89. The van der Waals surface area contributed by atoms with Crippen molar-refractivity contribution >= 4 is 28.0 Å². The van der Waals surface area contributed by atoms with E-state index in [0.717, 1.165) is 21.7 Å². The predicted octanol–water partition coefficient (Wildman–Crippen LogP) is 2.27. The first-order valence-corrected chi connectivity index (χ1v) is 11.7. The molecule has 2 N–H and O–H groups in total. The maximum Gasteiger partial charge on any atom is 0.290 e. The van der Waals surface area contributed by atoms with Crippen LogP contribution in [0.15, 0.2) is 48.1 Å². The first-order chi connectivity index (χ1) is 16.1. The minimum atomic E-state index is -0.297. The zero-order chi connectivity index (χ0) is 22.9. The fraction of sp³-hybridized carbons (Fsp3) is 0.304. The van der Waals surface area contributed by atoms with Crippen LogP contribution < -0.4 is 5.32 Å². The van der Waals surface area contributed by atoms with E-state index in [4.69, 9.17) is 0 Å². The molecule has 0 bridgehead atoms. The highest BCUT2D eigenvalue weighted by molar-refractivity contribution is 7.15. The van der Waals surface area contributed by atoms with E-state index in [9.17, 15) is 14.7 Å². The van der Waals surface area contributed by atoms with Gasteiger partial charge in [-0.25, -0.2) is 4.98 Å². The number of hydrogen-bond donors (Lipinski definition) is 2. The number of aromatic nitrogens is 4. The van der Waals surface area contributed by atoms with E-state index in [1.54, 1.807) is 20.2 Å². The van der Waals surface area contributed by atoms with Crippen molar-refractivity contribution in [1.82, 2.24) is 29.4 Å².